The number of anilines is 1. The van der Waals surface area contributed by atoms with Crippen molar-refractivity contribution in [2.45, 2.75) is 32.7 Å². The minimum atomic E-state index is -0.897. The first-order chi connectivity index (χ1) is 6.50. The van der Waals surface area contributed by atoms with Crippen LogP contribution < -0.4 is 5.32 Å². The maximum atomic E-state index is 10.5. The van der Waals surface area contributed by atoms with Gasteiger partial charge in [0.1, 0.15) is 11.0 Å². The standard InChI is InChI=1S/C8H13N3O2S/c1-4(2)6-10-11-8(14-6)9-5(3)7(12)13/h4-5H,1-3H3,(H,9,11)(H,12,13). The van der Waals surface area contributed by atoms with Gasteiger partial charge in [-0.1, -0.05) is 25.2 Å². The molecule has 0 aliphatic rings. The van der Waals surface area contributed by atoms with Crippen LogP contribution in [-0.2, 0) is 4.79 Å². The van der Waals surface area contributed by atoms with E-state index in [1.54, 1.807) is 6.92 Å². The largest absolute Gasteiger partial charge is 0.480 e. The Morgan fingerprint density at radius 1 is 1.43 bits per heavy atom. The number of hydrogen-bond donors (Lipinski definition) is 2. The second-order valence-electron chi connectivity index (χ2n) is 3.30. The average molecular weight is 215 g/mol. The molecule has 0 saturated carbocycles. The zero-order chi connectivity index (χ0) is 10.7. The monoisotopic (exact) mass is 215 g/mol. The summed E-state index contributed by atoms with van der Waals surface area (Å²) in [6.07, 6.45) is 0. The summed E-state index contributed by atoms with van der Waals surface area (Å²) in [5.41, 5.74) is 0. The lowest BCUT2D eigenvalue weighted by Gasteiger charge is -2.05. The van der Waals surface area contributed by atoms with Gasteiger partial charge >= 0.3 is 5.97 Å². The van der Waals surface area contributed by atoms with Crippen molar-refractivity contribution in [1.29, 1.82) is 0 Å². The van der Waals surface area contributed by atoms with Crippen LogP contribution in [0.2, 0.25) is 0 Å². The maximum absolute atomic E-state index is 10.5. The molecule has 0 saturated heterocycles. The van der Waals surface area contributed by atoms with Crippen LogP contribution in [0.5, 0.6) is 0 Å². The summed E-state index contributed by atoms with van der Waals surface area (Å²) in [7, 11) is 0. The summed E-state index contributed by atoms with van der Waals surface area (Å²) in [4.78, 5) is 10.5. The molecule has 1 atom stereocenters. The molecule has 1 aromatic rings. The van der Waals surface area contributed by atoms with E-state index < -0.39 is 12.0 Å². The lowest BCUT2D eigenvalue weighted by Crippen LogP contribution is -2.25. The topological polar surface area (TPSA) is 75.1 Å². The van der Waals surface area contributed by atoms with E-state index in [2.05, 4.69) is 15.5 Å². The summed E-state index contributed by atoms with van der Waals surface area (Å²) in [6, 6.07) is -0.636. The molecule has 1 heterocycles. The molecule has 0 amide bonds. The average Bonchev–Trinajstić information content (AvgIpc) is 2.52. The zero-order valence-corrected chi connectivity index (χ0v) is 9.13. The molecule has 6 heteroatoms. The lowest BCUT2D eigenvalue weighted by atomic mass is 10.2. The molecule has 5 nitrogen and oxygen atoms in total. The van der Waals surface area contributed by atoms with Crippen molar-refractivity contribution in [2.75, 3.05) is 5.32 Å². The van der Waals surface area contributed by atoms with Crippen molar-refractivity contribution < 1.29 is 9.90 Å². The predicted molar refractivity (Wildman–Crippen MR) is 54.7 cm³/mol. The Hall–Kier alpha value is -1.17. The van der Waals surface area contributed by atoms with Crippen LogP contribution in [0.4, 0.5) is 5.13 Å². The maximum Gasteiger partial charge on any atom is 0.325 e. The summed E-state index contributed by atoms with van der Waals surface area (Å²) in [6.45, 7) is 5.61. The number of carbonyl (C=O) groups is 1. The second-order valence-corrected chi connectivity index (χ2v) is 4.31. The van der Waals surface area contributed by atoms with Crippen molar-refractivity contribution in [3.63, 3.8) is 0 Å². The number of aliphatic carboxylic acids is 1. The van der Waals surface area contributed by atoms with Crippen molar-refractivity contribution in [2.24, 2.45) is 0 Å². The van der Waals surface area contributed by atoms with Crippen molar-refractivity contribution in [1.82, 2.24) is 10.2 Å². The van der Waals surface area contributed by atoms with Gasteiger partial charge in [0.05, 0.1) is 0 Å². The van der Waals surface area contributed by atoms with E-state index in [0.29, 0.717) is 11.0 Å². The van der Waals surface area contributed by atoms with Crippen LogP contribution in [0.3, 0.4) is 0 Å². The number of nitrogens with one attached hydrogen (secondary N) is 1. The number of hydrogen-bond acceptors (Lipinski definition) is 5. The first kappa shape index (κ1) is 10.9. The Morgan fingerprint density at radius 2 is 2.07 bits per heavy atom. The normalized spacial score (nSPS) is 12.9. The third kappa shape index (κ3) is 2.66. The highest BCUT2D eigenvalue weighted by molar-refractivity contribution is 7.15. The Morgan fingerprint density at radius 3 is 2.50 bits per heavy atom. The van der Waals surface area contributed by atoms with Gasteiger partial charge in [0.2, 0.25) is 5.13 Å². The molecular formula is C8H13N3O2S. The fourth-order valence-corrected chi connectivity index (χ4v) is 1.61. The number of carboxylic acids is 1. The van der Waals surface area contributed by atoms with E-state index >= 15 is 0 Å². The molecule has 2 N–H and O–H groups in total. The minimum absolute atomic E-state index is 0.322. The van der Waals surface area contributed by atoms with E-state index in [1.807, 2.05) is 13.8 Å². The van der Waals surface area contributed by atoms with Crippen molar-refractivity contribution in [3.05, 3.63) is 5.01 Å². The van der Waals surface area contributed by atoms with Gasteiger partial charge in [-0.05, 0) is 6.92 Å². The predicted octanol–water partition coefficient (Wildman–Crippen LogP) is 1.55. The smallest absolute Gasteiger partial charge is 0.325 e. The summed E-state index contributed by atoms with van der Waals surface area (Å²) >= 11 is 1.39. The van der Waals surface area contributed by atoms with Gasteiger partial charge in [0.15, 0.2) is 0 Å². The lowest BCUT2D eigenvalue weighted by molar-refractivity contribution is -0.137. The van der Waals surface area contributed by atoms with Gasteiger partial charge in [-0.3, -0.25) is 4.79 Å². The molecule has 0 aromatic carbocycles. The molecule has 0 fully saturated rings. The van der Waals surface area contributed by atoms with Gasteiger partial charge in [-0.15, -0.1) is 10.2 Å². The summed E-state index contributed by atoms with van der Waals surface area (Å²) < 4.78 is 0. The zero-order valence-electron chi connectivity index (χ0n) is 8.31. The molecule has 0 aliphatic heterocycles. The van der Waals surface area contributed by atoms with Gasteiger partial charge in [0.25, 0.3) is 0 Å². The molecule has 78 valence electrons. The minimum Gasteiger partial charge on any atom is -0.480 e. The highest BCUT2D eigenvalue weighted by atomic mass is 32.1. The van der Waals surface area contributed by atoms with E-state index in [4.69, 9.17) is 5.11 Å². The highest BCUT2D eigenvalue weighted by Gasteiger charge is 2.13. The molecule has 0 bridgehead atoms. The molecule has 1 aromatic heterocycles. The van der Waals surface area contributed by atoms with Crippen LogP contribution in [-0.4, -0.2) is 27.3 Å². The second kappa shape index (κ2) is 4.36. The number of rotatable bonds is 4. The molecule has 0 aliphatic carbocycles. The Bertz CT molecular complexity index is 324. The number of carboxylic acid groups (broad SMARTS) is 1. The SMILES string of the molecule is CC(Nc1nnc(C(C)C)s1)C(=O)O. The van der Waals surface area contributed by atoms with Crippen LogP contribution in [0, 0.1) is 0 Å². The van der Waals surface area contributed by atoms with Crippen LogP contribution in [0.1, 0.15) is 31.7 Å². The van der Waals surface area contributed by atoms with Gasteiger partial charge in [-0.25, -0.2) is 0 Å². The fraction of sp³-hybridized carbons (Fsp3) is 0.625. The van der Waals surface area contributed by atoms with E-state index in [1.165, 1.54) is 11.3 Å². The first-order valence-corrected chi connectivity index (χ1v) is 5.15. The Kier molecular flexibility index (Phi) is 3.40. The Labute approximate surface area is 86.2 Å². The van der Waals surface area contributed by atoms with E-state index in [0.717, 1.165) is 5.01 Å². The van der Waals surface area contributed by atoms with Crippen LogP contribution in [0.25, 0.3) is 0 Å². The van der Waals surface area contributed by atoms with Crippen molar-refractivity contribution in [3.8, 4) is 0 Å². The van der Waals surface area contributed by atoms with Crippen LogP contribution >= 0.6 is 11.3 Å². The Balaban J connectivity index is 2.64. The summed E-state index contributed by atoms with van der Waals surface area (Å²) in [5.74, 6) is -0.575. The van der Waals surface area contributed by atoms with Gasteiger partial charge < -0.3 is 10.4 Å². The van der Waals surface area contributed by atoms with Gasteiger partial charge in [-0.2, -0.15) is 0 Å². The molecule has 0 spiro atoms. The molecule has 14 heavy (non-hydrogen) atoms. The fourth-order valence-electron chi connectivity index (χ4n) is 0.773. The number of nitrogens with zero attached hydrogens (tertiary/aromatic N) is 2. The molecule has 1 rings (SSSR count). The van der Waals surface area contributed by atoms with Crippen molar-refractivity contribution >= 4 is 22.4 Å². The highest BCUT2D eigenvalue weighted by Crippen LogP contribution is 2.22. The number of aromatic nitrogens is 2. The summed E-state index contributed by atoms with van der Waals surface area (Å²) in [5, 5.41) is 20.7. The van der Waals surface area contributed by atoms with Gasteiger partial charge in [0, 0.05) is 5.92 Å². The molecule has 1 unspecified atom stereocenters. The van der Waals surface area contributed by atoms with E-state index in [-0.39, 0.29) is 0 Å². The van der Waals surface area contributed by atoms with Crippen LogP contribution in [0.15, 0.2) is 0 Å². The molecular weight excluding hydrogens is 202 g/mol. The third-order valence-electron chi connectivity index (χ3n) is 1.64. The first-order valence-electron chi connectivity index (χ1n) is 4.33. The quantitative estimate of drug-likeness (QED) is 0.797. The van der Waals surface area contributed by atoms with E-state index in [9.17, 15) is 4.79 Å². The third-order valence-corrected chi connectivity index (χ3v) is 2.80. The molecule has 0 radical (unpaired) electrons.